The molecular formula is C11H16ClN3O. The Morgan fingerprint density at radius 1 is 1.38 bits per heavy atom. The summed E-state index contributed by atoms with van der Waals surface area (Å²) in [5.41, 5.74) is 0. The van der Waals surface area contributed by atoms with Crippen molar-refractivity contribution in [3.63, 3.8) is 0 Å². The maximum atomic E-state index is 8.89. The summed E-state index contributed by atoms with van der Waals surface area (Å²) >= 11 is 5.83. The van der Waals surface area contributed by atoms with E-state index < -0.39 is 0 Å². The number of rotatable bonds is 3. The van der Waals surface area contributed by atoms with Crippen molar-refractivity contribution < 1.29 is 5.11 Å². The van der Waals surface area contributed by atoms with Crippen molar-refractivity contribution in [2.24, 2.45) is 5.92 Å². The number of aliphatic hydroxyl groups excluding tert-OH is 1. The van der Waals surface area contributed by atoms with Crippen molar-refractivity contribution in [1.29, 1.82) is 0 Å². The lowest BCUT2D eigenvalue weighted by Gasteiger charge is -2.32. The highest BCUT2D eigenvalue weighted by atomic mass is 35.5. The maximum absolute atomic E-state index is 8.89. The smallest absolute Gasteiger partial charge is 0.134 e. The standard InChI is InChI=1S/C11H16ClN3O/c12-10-7-11(14-8-13-10)15-4-1-9(2-5-15)3-6-16/h7-9,16H,1-6H2. The molecule has 1 fully saturated rings. The number of hydrogen-bond donors (Lipinski definition) is 1. The van der Waals surface area contributed by atoms with Crippen LogP contribution in [0.5, 0.6) is 0 Å². The number of aliphatic hydroxyl groups is 1. The minimum Gasteiger partial charge on any atom is -0.396 e. The third kappa shape index (κ3) is 2.83. The highest BCUT2D eigenvalue weighted by Gasteiger charge is 2.19. The summed E-state index contributed by atoms with van der Waals surface area (Å²) in [6.45, 7) is 2.26. The van der Waals surface area contributed by atoms with E-state index >= 15 is 0 Å². The average molecular weight is 242 g/mol. The van der Waals surface area contributed by atoms with Crippen LogP contribution in [0.1, 0.15) is 19.3 Å². The van der Waals surface area contributed by atoms with Gasteiger partial charge in [0.15, 0.2) is 0 Å². The highest BCUT2D eigenvalue weighted by molar-refractivity contribution is 6.29. The zero-order chi connectivity index (χ0) is 11.4. The lowest BCUT2D eigenvalue weighted by molar-refractivity contribution is 0.240. The van der Waals surface area contributed by atoms with Gasteiger partial charge in [-0.1, -0.05) is 11.6 Å². The van der Waals surface area contributed by atoms with Gasteiger partial charge in [-0.05, 0) is 25.2 Å². The molecular weight excluding hydrogens is 226 g/mol. The molecule has 1 N–H and O–H groups in total. The molecule has 0 saturated carbocycles. The predicted molar refractivity (Wildman–Crippen MR) is 63.7 cm³/mol. The van der Waals surface area contributed by atoms with Gasteiger partial charge in [-0.15, -0.1) is 0 Å². The van der Waals surface area contributed by atoms with Crippen LogP contribution in [0.3, 0.4) is 0 Å². The maximum Gasteiger partial charge on any atom is 0.134 e. The van der Waals surface area contributed by atoms with Gasteiger partial charge in [-0.3, -0.25) is 0 Å². The summed E-state index contributed by atoms with van der Waals surface area (Å²) in [7, 11) is 0. The van der Waals surface area contributed by atoms with Crippen LogP contribution in [0.2, 0.25) is 5.15 Å². The van der Waals surface area contributed by atoms with Gasteiger partial charge in [0.25, 0.3) is 0 Å². The van der Waals surface area contributed by atoms with Crippen LogP contribution in [-0.4, -0.2) is 34.8 Å². The van der Waals surface area contributed by atoms with Crippen molar-refractivity contribution in [2.75, 3.05) is 24.6 Å². The Hall–Kier alpha value is -0.870. The first kappa shape index (κ1) is 11.6. The first-order chi connectivity index (χ1) is 7.79. The normalized spacial score (nSPS) is 17.8. The van der Waals surface area contributed by atoms with Crippen molar-refractivity contribution in [3.05, 3.63) is 17.5 Å². The molecule has 16 heavy (non-hydrogen) atoms. The fourth-order valence-electron chi connectivity index (χ4n) is 2.13. The predicted octanol–water partition coefficient (Wildman–Crippen LogP) is 1.73. The Morgan fingerprint density at radius 3 is 2.75 bits per heavy atom. The van der Waals surface area contributed by atoms with Gasteiger partial charge in [0.1, 0.15) is 17.3 Å². The van der Waals surface area contributed by atoms with E-state index in [0.29, 0.717) is 17.7 Å². The van der Waals surface area contributed by atoms with E-state index in [1.54, 1.807) is 6.07 Å². The number of nitrogens with zero attached hydrogens (tertiary/aromatic N) is 3. The van der Waals surface area contributed by atoms with Gasteiger partial charge in [0, 0.05) is 25.8 Å². The van der Waals surface area contributed by atoms with E-state index in [-0.39, 0.29) is 0 Å². The van der Waals surface area contributed by atoms with Crippen molar-refractivity contribution >= 4 is 17.4 Å². The van der Waals surface area contributed by atoms with Gasteiger partial charge >= 0.3 is 0 Å². The molecule has 0 aromatic carbocycles. The zero-order valence-corrected chi connectivity index (χ0v) is 9.90. The van der Waals surface area contributed by atoms with Crippen molar-refractivity contribution in [3.8, 4) is 0 Å². The molecule has 2 heterocycles. The molecule has 88 valence electrons. The third-order valence-electron chi connectivity index (χ3n) is 3.10. The van der Waals surface area contributed by atoms with Crippen LogP contribution in [0.15, 0.2) is 12.4 Å². The van der Waals surface area contributed by atoms with E-state index in [0.717, 1.165) is 38.2 Å². The monoisotopic (exact) mass is 241 g/mol. The van der Waals surface area contributed by atoms with E-state index in [1.807, 2.05) is 0 Å². The first-order valence-electron chi connectivity index (χ1n) is 5.63. The van der Waals surface area contributed by atoms with Crippen molar-refractivity contribution in [1.82, 2.24) is 9.97 Å². The van der Waals surface area contributed by atoms with Crippen LogP contribution >= 0.6 is 11.6 Å². The molecule has 1 aliphatic heterocycles. The molecule has 0 atom stereocenters. The molecule has 5 heteroatoms. The quantitative estimate of drug-likeness (QED) is 0.819. The average Bonchev–Trinajstić information content (AvgIpc) is 2.30. The summed E-state index contributed by atoms with van der Waals surface area (Å²) in [6, 6.07) is 1.80. The lowest BCUT2D eigenvalue weighted by Crippen LogP contribution is -2.34. The number of anilines is 1. The van der Waals surface area contributed by atoms with E-state index in [9.17, 15) is 0 Å². The molecule has 1 aromatic heterocycles. The number of hydrogen-bond acceptors (Lipinski definition) is 4. The summed E-state index contributed by atoms with van der Waals surface area (Å²) in [6.07, 6.45) is 4.64. The minimum atomic E-state index is 0.296. The van der Waals surface area contributed by atoms with Crippen molar-refractivity contribution in [2.45, 2.75) is 19.3 Å². The van der Waals surface area contributed by atoms with Crippen LogP contribution in [0, 0.1) is 5.92 Å². The van der Waals surface area contributed by atoms with Crippen LogP contribution in [0.4, 0.5) is 5.82 Å². The van der Waals surface area contributed by atoms with Crippen LogP contribution in [0.25, 0.3) is 0 Å². The number of piperidine rings is 1. The van der Waals surface area contributed by atoms with Gasteiger partial charge in [-0.25, -0.2) is 9.97 Å². The van der Waals surface area contributed by atoms with E-state index in [1.165, 1.54) is 6.33 Å². The summed E-state index contributed by atoms with van der Waals surface area (Å²) in [5, 5.41) is 9.37. The minimum absolute atomic E-state index is 0.296. The first-order valence-corrected chi connectivity index (χ1v) is 6.00. The molecule has 2 rings (SSSR count). The molecule has 4 nitrogen and oxygen atoms in total. The molecule has 0 radical (unpaired) electrons. The molecule has 0 unspecified atom stereocenters. The molecule has 1 aliphatic rings. The Bertz CT molecular complexity index is 340. The SMILES string of the molecule is OCCC1CCN(c2cc(Cl)ncn2)CC1. The second-order valence-corrected chi connectivity index (χ2v) is 4.53. The number of halogens is 1. The second-order valence-electron chi connectivity index (χ2n) is 4.14. The topological polar surface area (TPSA) is 49.2 Å². The molecule has 0 aliphatic carbocycles. The second kappa shape index (κ2) is 5.46. The van der Waals surface area contributed by atoms with Gasteiger partial charge in [-0.2, -0.15) is 0 Å². The van der Waals surface area contributed by atoms with Gasteiger partial charge < -0.3 is 10.0 Å². The Morgan fingerprint density at radius 2 is 2.12 bits per heavy atom. The Labute approximate surface area is 100 Å². The lowest BCUT2D eigenvalue weighted by atomic mass is 9.94. The summed E-state index contributed by atoms with van der Waals surface area (Å²) in [5.74, 6) is 1.56. The molecule has 1 aromatic rings. The summed E-state index contributed by atoms with van der Waals surface area (Å²) < 4.78 is 0. The fraction of sp³-hybridized carbons (Fsp3) is 0.636. The Balaban J connectivity index is 1.94. The van der Waals surface area contributed by atoms with Crippen LogP contribution in [-0.2, 0) is 0 Å². The molecule has 0 spiro atoms. The molecule has 0 amide bonds. The molecule has 0 bridgehead atoms. The van der Waals surface area contributed by atoms with Gasteiger partial charge in [0.05, 0.1) is 0 Å². The summed E-state index contributed by atoms with van der Waals surface area (Å²) in [4.78, 5) is 10.3. The van der Waals surface area contributed by atoms with Crippen LogP contribution < -0.4 is 4.90 Å². The highest BCUT2D eigenvalue weighted by Crippen LogP contribution is 2.24. The third-order valence-corrected chi connectivity index (χ3v) is 3.30. The zero-order valence-electron chi connectivity index (χ0n) is 9.14. The van der Waals surface area contributed by atoms with Gasteiger partial charge in [0.2, 0.25) is 0 Å². The van der Waals surface area contributed by atoms with E-state index in [2.05, 4.69) is 14.9 Å². The number of aromatic nitrogens is 2. The van der Waals surface area contributed by atoms with E-state index in [4.69, 9.17) is 16.7 Å². The largest absolute Gasteiger partial charge is 0.396 e. The Kier molecular flexibility index (Phi) is 3.96. The molecule has 1 saturated heterocycles. The fourth-order valence-corrected chi connectivity index (χ4v) is 2.27.